The minimum atomic E-state index is -0.214. The zero-order valence-electron chi connectivity index (χ0n) is 19.8. The summed E-state index contributed by atoms with van der Waals surface area (Å²) in [4.78, 5) is 36.1. The van der Waals surface area contributed by atoms with Crippen molar-refractivity contribution < 1.29 is 9.53 Å². The number of thiocarbonyl (C=S) groups is 1. The number of morpholine rings is 1. The molecule has 4 heterocycles. The van der Waals surface area contributed by atoms with Crippen molar-refractivity contribution in [1.29, 1.82) is 0 Å². The van der Waals surface area contributed by atoms with Gasteiger partial charge in [0.1, 0.15) is 15.8 Å². The second-order valence-corrected chi connectivity index (χ2v) is 10.6. The van der Waals surface area contributed by atoms with Crippen LogP contribution in [0, 0.1) is 6.92 Å². The molecule has 1 aromatic carbocycles. The van der Waals surface area contributed by atoms with Gasteiger partial charge in [-0.2, -0.15) is 0 Å². The average molecular weight is 507 g/mol. The Morgan fingerprint density at radius 3 is 2.54 bits per heavy atom. The minimum absolute atomic E-state index is 0.00666. The fourth-order valence-corrected chi connectivity index (χ4v) is 5.79. The zero-order valence-corrected chi connectivity index (χ0v) is 21.4. The number of anilines is 1. The van der Waals surface area contributed by atoms with Crippen LogP contribution in [-0.2, 0) is 16.1 Å². The molecule has 0 spiro atoms. The van der Waals surface area contributed by atoms with Crippen LogP contribution in [0.1, 0.15) is 30.5 Å². The van der Waals surface area contributed by atoms with Gasteiger partial charge in [0.05, 0.1) is 29.2 Å². The highest BCUT2D eigenvalue weighted by Gasteiger charge is 2.33. The molecule has 1 amide bonds. The molecular weight excluding hydrogens is 480 g/mol. The summed E-state index contributed by atoms with van der Waals surface area (Å²) in [5, 5.41) is 0. The third-order valence-electron chi connectivity index (χ3n) is 6.12. The van der Waals surface area contributed by atoms with E-state index in [1.54, 1.807) is 21.6 Å². The van der Waals surface area contributed by atoms with Gasteiger partial charge in [-0.15, -0.1) is 0 Å². The Kier molecular flexibility index (Phi) is 6.48. The molecule has 2 saturated heterocycles. The first-order valence-corrected chi connectivity index (χ1v) is 12.8. The van der Waals surface area contributed by atoms with Crippen LogP contribution >= 0.6 is 24.0 Å². The summed E-state index contributed by atoms with van der Waals surface area (Å²) in [6, 6.07) is 13.5. The van der Waals surface area contributed by atoms with Crippen molar-refractivity contribution in [3.05, 3.63) is 80.6 Å². The molecule has 180 valence electrons. The number of aromatic nitrogens is 2. The van der Waals surface area contributed by atoms with Crippen molar-refractivity contribution in [1.82, 2.24) is 14.3 Å². The summed E-state index contributed by atoms with van der Waals surface area (Å²) in [6.07, 6.45) is 3.36. The van der Waals surface area contributed by atoms with Crippen LogP contribution in [-0.4, -0.2) is 49.8 Å². The number of aryl methyl sites for hydroxylation is 1. The second kappa shape index (κ2) is 9.56. The Labute approximate surface area is 213 Å². The minimum Gasteiger partial charge on any atom is -0.372 e. The Hall–Kier alpha value is -3.01. The van der Waals surface area contributed by atoms with E-state index in [4.69, 9.17) is 21.9 Å². The average Bonchev–Trinajstić information content (AvgIpc) is 3.08. The zero-order chi connectivity index (χ0) is 24.7. The van der Waals surface area contributed by atoms with Gasteiger partial charge in [-0.05, 0) is 44.0 Å². The number of ether oxygens (including phenoxy) is 1. The summed E-state index contributed by atoms with van der Waals surface area (Å²) < 4.78 is 7.93. The molecule has 2 fully saturated rings. The number of carbonyl (C=O) groups is 1. The molecule has 0 unspecified atom stereocenters. The van der Waals surface area contributed by atoms with E-state index in [1.165, 1.54) is 11.8 Å². The number of rotatable bonds is 4. The number of hydrogen-bond acceptors (Lipinski definition) is 7. The van der Waals surface area contributed by atoms with Crippen molar-refractivity contribution >= 4 is 51.7 Å². The lowest BCUT2D eigenvalue weighted by atomic mass is 10.1. The van der Waals surface area contributed by atoms with Gasteiger partial charge in [0, 0.05) is 19.3 Å². The van der Waals surface area contributed by atoms with Crippen LogP contribution in [0.3, 0.4) is 0 Å². The molecule has 2 atom stereocenters. The molecule has 2 aliphatic heterocycles. The monoisotopic (exact) mass is 506 g/mol. The Balaban J connectivity index is 1.60. The van der Waals surface area contributed by atoms with E-state index in [1.807, 2.05) is 63.2 Å². The lowest BCUT2D eigenvalue weighted by Gasteiger charge is -2.36. The molecule has 0 aliphatic carbocycles. The molecule has 2 aromatic heterocycles. The third-order valence-corrected chi connectivity index (χ3v) is 7.49. The number of hydrogen-bond donors (Lipinski definition) is 0. The summed E-state index contributed by atoms with van der Waals surface area (Å²) >= 11 is 6.75. The number of nitrogens with zero attached hydrogens (tertiary/aromatic N) is 4. The Morgan fingerprint density at radius 1 is 1.11 bits per heavy atom. The second-order valence-electron chi connectivity index (χ2n) is 8.95. The van der Waals surface area contributed by atoms with Crippen LogP contribution in [0.4, 0.5) is 5.82 Å². The van der Waals surface area contributed by atoms with E-state index < -0.39 is 0 Å². The molecule has 35 heavy (non-hydrogen) atoms. The van der Waals surface area contributed by atoms with Gasteiger partial charge in [0.25, 0.3) is 11.5 Å². The SMILES string of the molecule is Cc1cccn2c(=O)c(/C=C3/SC(=S)N(Cc4ccccc4)C3=O)c(N3C[C@@H](C)O[C@@H](C)C3)nc12. The maximum Gasteiger partial charge on any atom is 0.267 e. The highest BCUT2D eigenvalue weighted by atomic mass is 32.2. The third kappa shape index (κ3) is 4.63. The fourth-order valence-electron chi connectivity index (χ4n) is 4.55. The topological polar surface area (TPSA) is 67.2 Å². The largest absolute Gasteiger partial charge is 0.372 e. The van der Waals surface area contributed by atoms with Crippen LogP contribution < -0.4 is 10.5 Å². The summed E-state index contributed by atoms with van der Waals surface area (Å²) in [5.74, 6) is 0.367. The normalized spacial score (nSPS) is 22.0. The van der Waals surface area contributed by atoms with E-state index in [0.717, 1.165) is 11.1 Å². The van der Waals surface area contributed by atoms with Crippen molar-refractivity contribution in [2.24, 2.45) is 0 Å². The molecule has 0 bridgehead atoms. The van der Waals surface area contributed by atoms with E-state index in [2.05, 4.69) is 4.90 Å². The predicted octanol–water partition coefficient (Wildman–Crippen LogP) is 4.02. The molecule has 0 radical (unpaired) electrons. The van der Waals surface area contributed by atoms with Gasteiger partial charge in [-0.25, -0.2) is 4.98 Å². The first-order valence-electron chi connectivity index (χ1n) is 11.5. The molecule has 0 N–H and O–H groups in total. The number of carbonyl (C=O) groups excluding carboxylic acids is 1. The number of benzene rings is 1. The predicted molar refractivity (Wildman–Crippen MR) is 144 cm³/mol. The highest BCUT2D eigenvalue weighted by molar-refractivity contribution is 8.26. The highest BCUT2D eigenvalue weighted by Crippen LogP contribution is 2.35. The molecule has 2 aliphatic rings. The maximum atomic E-state index is 13.7. The van der Waals surface area contributed by atoms with Crippen molar-refractivity contribution in [2.45, 2.75) is 39.5 Å². The number of fused-ring (bicyclic) bond motifs is 1. The first-order chi connectivity index (χ1) is 16.8. The van der Waals surface area contributed by atoms with Crippen molar-refractivity contribution in [3.63, 3.8) is 0 Å². The smallest absolute Gasteiger partial charge is 0.267 e. The lowest BCUT2D eigenvalue weighted by molar-refractivity contribution is -0.122. The molecule has 3 aromatic rings. The van der Waals surface area contributed by atoms with Gasteiger partial charge in [0.15, 0.2) is 0 Å². The fraction of sp³-hybridized carbons (Fsp3) is 0.308. The standard InChI is InChI=1S/C26H26N4O3S2/c1-16-8-7-11-29-22(16)27-23(28-13-17(2)33-18(3)14-28)20(24(29)31)12-21-25(32)30(26(34)35-21)15-19-9-5-4-6-10-19/h4-12,17-18H,13-15H2,1-3H3/b21-12+/t17-,18+. The van der Waals surface area contributed by atoms with Gasteiger partial charge in [0.2, 0.25) is 0 Å². The van der Waals surface area contributed by atoms with E-state index >= 15 is 0 Å². The number of amides is 1. The van der Waals surface area contributed by atoms with Crippen molar-refractivity contribution in [2.75, 3.05) is 18.0 Å². The van der Waals surface area contributed by atoms with Gasteiger partial charge < -0.3 is 9.64 Å². The van der Waals surface area contributed by atoms with Crippen LogP contribution in [0.25, 0.3) is 11.7 Å². The molecule has 5 rings (SSSR count). The summed E-state index contributed by atoms with van der Waals surface area (Å²) in [5.41, 5.74) is 2.67. The van der Waals surface area contributed by atoms with Crippen LogP contribution in [0.2, 0.25) is 0 Å². The molecular formula is C26H26N4O3S2. The van der Waals surface area contributed by atoms with E-state index in [9.17, 15) is 9.59 Å². The van der Waals surface area contributed by atoms with E-state index in [0.29, 0.717) is 45.9 Å². The van der Waals surface area contributed by atoms with Gasteiger partial charge in [-0.1, -0.05) is 60.4 Å². The van der Waals surface area contributed by atoms with Crippen LogP contribution in [0.15, 0.2) is 58.4 Å². The quantitative estimate of drug-likeness (QED) is 0.391. The summed E-state index contributed by atoms with van der Waals surface area (Å²) in [6.45, 7) is 7.56. The lowest BCUT2D eigenvalue weighted by Crippen LogP contribution is -2.46. The molecule has 7 nitrogen and oxygen atoms in total. The van der Waals surface area contributed by atoms with E-state index in [-0.39, 0.29) is 23.7 Å². The number of thioether (sulfide) groups is 1. The van der Waals surface area contributed by atoms with Crippen LogP contribution in [0.5, 0.6) is 0 Å². The molecule has 9 heteroatoms. The first kappa shape index (κ1) is 23.7. The Bertz CT molecular complexity index is 1390. The summed E-state index contributed by atoms with van der Waals surface area (Å²) in [7, 11) is 0. The maximum absolute atomic E-state index is 13.7. The molecule has 0 saturated carbocycles. The van der Waals surface area contributed by atoms with Gasteiger partial charge in [-0.3, -0.25) is 18.9 Å². The van der Waals surface area contributed by atoms with Crippen molar-refractivity contribution in [3.8, 4) is 0 Å². The Morgan fingerprint density at radius 2 is 1.83 bits per heavy atom. The van der Waals surface area contributed by atoms with Gasteiger partial charge >= 0.3 is 0 Å². The number of pyridine rings is 1.